The van der Waals surface area contributed by atoms with Gasteiger partial charge in [0.1, 0.15) is 5.75 Å². The lowest BCUT2D eigenvalue weighted by Crippen LogP contribution is -2.13. The van der Waals surface area contributed by atoms with Crippen molar-refractivity contribution in [1.29, 1.82) is 0 Å². The Morgan fingerprint density at radius 2 is 1.75 bits per heavy atom. The number of esters is 1. The summed E-state index contributed by atoms with van der Waals surface area (Å²) in [6.07, 6.45) is 0. The van der Waals surface area contributed by atoms with Gasteiger partial charge in [-0.3, -0.25) is 0 Å². The zero-order valence-electron chi connectivity index (χ0n) is 17.4. The quantitative estimate of drug-likeness (QED) is 0.539. The Kier molecular flexibility index (Phi) is 5.68. The average Bonchev–Trinajstić information content (AvgIpc) is 2.66. The van der Waals surface area contributed by atoms with Crippen LogP contribution in [-0.2, 0) is 4.74 Å². The van der Waals surface area contributed by atoms with Crippen molar-refractivity contribution in [2.24, 2.45) is 5.92 Å². The summed E-state index contributed by atoms with van der Waals surface area (Å²) in [5, 5.41) is 0.848. The highest BCUT2D eigenvalue weighted by molar-refractivity contribution is 6.07. The number of aryl methyl sites for hydroxylation is 2. The Bertz CT molecular complexity index is 1020. The number of methoxy groups -OCH3 is 1. The van der Waals surface area contributed by atoms with Gasteiger partial charge in [0.15, 0.2) is 0 Å². The van der Waals surface area contributed by atoms with Crippen LogP contribution in [0.4, 0.5) is 0 Å². The van der Waals surface area contributed by atoms with E-state index in [2.05, 4.69) is 6.07 Å². The lowest BCUT2D eigenvalue weighted by atomic mass is 9.95. The minimum absolute atomic E-state index is 0.280. The molecular formula is C24H27NO3. The van der Waals surface area contributed by atoms with Gasteiger partial charge in [0.2, 0.25) is 0 Å². The molecular weight excluding hydrogens is 350 g/mol. The summed E-state index contributed by atoms with van der Waals surface area (Å²) in [6.45, 7) is 10.4. The van der Waals surface area contributed by atoms with Crippen LogP contribution in [0, 0.1) is 26.7 Å². The number of ether oxygens (including phenoxy) is 2. The van der Waals surface area contributed by atoms with Crippen LogP contribution in [0.15, 0.2) is 36.4 Å². The number of pyridine rings is 1. The first-order valence-corrected chi connectivity index (χ1v) is 9.55. The lowest BCUT2D eigenvalue weighted by molar-refractivity contribution is 0.0460. The molecule has 3 aromatic rings. The second kappa shape index (κ2) is 8.01. The molecule has 0 saturated carbocycles. The molecule has 1 heterocycles. The third-order valence-corrected chi connectivity index (χ3v) is 4.78. The molecule has 0 radical (unpaired) electrons. The number of fused-ring (bicyclic) bond motifs is 1. The lowest BCUT2D eigenvalue weighted by Gasteiger charge is -2.17. The fraction of sp³-hybridized carbons (Fsp3) is 0.333. The Morgan fingerprint density at radius 3 is 2.36 bits per heavy atom. The van der Waals surface area contributed by atoms with Crippen molar-refractivity contribution in [1.82, 2.24) is 4.98 Å². The van der Waals surface area contributed by atoms with Crippen molar-refractivity contribution >= 4 is 16.9 Å². The van der Waals surface area contributed by atoms with Crippen LogP contribution in [0.5, 0.6) is 5.75 Å². The molecule has 0 aliphatic heterocycles. The first-order valence-electron chi connectivity index (χ1n) is 9.55. The topological polar surface area (TPSA) is 48.4 Å². The number of hydrogen-bond donors (Lipinski definition) is 0. The predicted molar refractivity (Wildman–Crippen MR) is 113 cm³/mol. The minimum atomic E-state index is -0.293. The van der Waals surface area contributed by atoms with Crippen molar-refractivity contribution in [3.05, 3.63) is 58.7 Å². The fourth-order valence-corrected chi connectivity index (χ4v) is 3.42. The number of nitrogens with zero attached hydrogens (tertiary/aromatic N) is 1. The maximum absolute atomic E-state index is 13.0. The van der Waals surface area contributed by atoms with Crippen LogP contribution in [0.2, 0.25) is 0 Å². The van der Waals surface area contributed by atoms with Crippen molar-refractivity contribution in [2.75, 3.05) is 13.7 Å². The first kappa shape index (κ1) is 19.9. The molecule has 0 aliphatic rings. The fourth-order valence-electron chi connectivity index (χ4n) is 3.42. The monoisotopic (exact) mass is 377 g/mol. The molecule has 0 amide bonds. The second-order valence-corrected chi connectivity index (χ2v) is 7.66. The summed E-state index contributed by atoms with van der Waals surface area (Å²) in [7, 11) is 1.64. The molecule has 4 nitrogen and oxygen atoms in total. The van der Waals surface area contributed by atoms with E-state index in [9.17, 15) is 4.79 Å². The third-order valence-electron chi connectivity index (χ3n) is 4.78. The smallest absolute Gasteiger partial charge is 0.339 e. The third kappa shape index (κ3) is 3.86. The average molecular weight is 377 g/mol. The Balaban J connectivity index is 2.25. The zero-order valence-corrected chi connectivity index (χ0v) is 17.4. The maximum Gasteiger partial charge on any atom is 0.339 e. The maximum atomic E-state index is 13.0. The number of benzene rings is 2. The van der Waals surface area contributed by atoms with Gasteiger partial charge in [-0.2, -0.15) is 0 Å². The molecule has 0 spiro atoms. The highest BCUT2D eigenvalue weighted by Crippen LogP contribution is 2.33. The van der Waals surface area contributed by atoms with Gasteiger partial charge in [0.05, 0.1) is 30.5 Å². The molecule has 4 heteroatoms. The molecule has 0 unspecified atom stereocenters. The normalized spacial score (nSPS) is 11.1. The number of aromatic nitrogens is 1. The van der Waals surface area contributed by atoms with Crippen LogP contribution in [-0.4, -0.2) is 24.7 Å². The van der Waals surface area contributed by atoms with Crippen LogP contribution in [0.25, 0.3) is 22.2 Å². The molecule has 0 fully saturated rings. The van der Waals surface area contributed by atoms with E-state index in [1.807, 2.05) is 65.0 Å². The molecule has 0 aliphatic carbocycles. The number of rotatable bonds is 5. The Labute approximate surface area is 166 Å². The number of hydrogen-bond acceptors (Lipinski definition) is 4. The second-order valence-electron chi connectivity index (χ2n) is 7.66. The van der Waals surface area contributed by atoms with Gasteiger partial charge in [0.25, 0.3) is 0 Å². The van der Waals surface area contributed by atoms with Gasteiger partial charge in [0, 0.05) is 10.9 Å². The largest absolute Gasteiger partial charge is 0.497 e. The van der Waals surface area contributed by atoms with Crippen molar-refractivity contribution in [3.8, 4) is 17.0 Å². The molecule has 3 rings (SSSR count). The van der Waals surface area contributed by atoms with Crippen LogP contribution in [0.1, 0.15) is 40.9 Å². The van der Waals surface area contributed by atoms with E-state index in [-0.39, 0.29) is 11.9 Å². The zero-order chi connectivity index (χ0) is 20.4. The molecule has 146 valence electrons. The van der Waals surface area contributed by atoms with E-state index in [4.69, 9.17) is 14.5 Å². The highest BCUT2D eigenvalue weighted by Gasteiger charge is 2.21. The minimum Gasteiger partial charge on any atom is -0.497 e. The summed E-state index contributed by atoms with van der Waals surface area (Å²) >= 11 is 0. The molecule has 0 atom stereocenters. The number of carbonyl (C=O) groups is 1. The molecule has 0 bridgehead atoms. The van der Waals surface area contributed by atoms with Crippen molar-refractivity contribution in [2.45, 2.75) is 34.6 Å². The first-order chi connectivity index (χ1) is 13.3. The molecule has 2 aromatic carbocycles. The standard InChI is InChI=1S/C24H27NO3/c1-14(2)13-28-24(26)21-17(5)23(18-7-9-19(27-6)10-8-18)25-22-16(4)11-15(3)12-20(21)22/h7-12,14H,13H2,1-6H3. The van der Waals surface area contributed by atoms with Crippen molar-refractivity contribution < 1.29 is 14.3 Å². The van der Waals surface area contributed by atoms with E-state index in [0.717, 1.165) is 44.6 Å². The van der Waals surface area contributed by atoms with E-state index in [0.29, 0.717) is 12.2 Å². The van der Waals surface area contributed by atoms with Gasteiger partial charge in [-0.05, 0) is 68.1 Å². The molecule has 1 aromatic heterocycles. The summed E-state index contributed by atoms with van der Waals surface area (Å²) in [5.41, 5.74) is 6.14. The van der Waals surface area contributed by atoms with E-state index in [1.54, 1.807) is 7.11 Å². The van der Waals surface area contributed by atoms with Gasteiger partial charge in [-0.25, -0.2) is 9.78 Å². The molecule has 28 heavy (non-hydrogen) atoms. The highest BCUT2D eigenvalue weighted by atomic mass is 16.5. The van der Waals surface area contributed by atoms with Gasteiger partial charge in [-0.1, -0.05) is 25.5 Å². The summed E-state index contributed by atoms with van der Waals surface area (Å²) in [4.78, 5) is 18.0. The van der Waals surface area contributed by atoms with Crippen molar-refractivity contribution in [3.63, 3.8) is 0 Å². The van der Waals surface area contributed by atoms with Crippen LogP contribution < -0.4 is 4.74 Å². The Morgan fingerprint density at radius 1 is 1.07 bits per heavy atom. The Hall–Kier alpha value is -2.88. The van der Waals surface area contributed by atoms with Crippen LogP contribution >= 0.6 is 0 Å². The summed E-state index contributed by atoms with van der Waals surface area (Å²) in [5.74, 6) is 0.769. The van der Waals surface area contributed by atoms with Gasteiger partial charge >= 0.3 is 5.97 Å². The van der Waals surface area contributed by atoms with E-state index >= 15 is 0 Å². The van der Waals surface area contributed by atoms with Crippen LogP contribution in [0.3, 0.4) is 0 Å². The van der Waals surface area contributed by atoms with Gasteiger partial charge < -0.3 is 9.47 Å². The van der Waals surface area contributed by atoms with E-state index in [1.165, 1.54) is 0 Å². The van der Waals surface area contributed by atoms with Gasteiger partial charge in [-0.15, -0.1) is 0 Å². The number of carbonyl (C=O) groups excluding carboxylic acids is 1. The predicted octanol–water partition coefficient (Wildman–Crippen LogP) is 5.65. The molecule has 0 saturated heterocycles. The molecule has 0 N–H and O–H groups in total. The van der Waals surface area contributed by atoms with E-state index < -0.39 is 0 Å². The SMILES string of the molecule is COc1ccc(-c2nc3c(C)cc(C)cc3c(C(=O)OCC(C)C)c2C)cc1. The summed E-state index contributed by atoms with van der Waals surface area (Å²) < 4.78 is 10.9. The summed E-state index contributed by atoms with van der Waals surface area (Å²) in [6, 6.07) is 11.8.